The molecule has 18 heavy (non-hydrogen) atoms. The molecule has 0 saturated heterocycles. The summed E-state index contributed by atoms with van der Waals surface area (Å²) in [5.41, 5.74) is 5.93. The van der Waals surface area contributed by atoms with E-state index in [4.69, 9.17) is 4.99 Å². The van der Waals surface area contributed by atoms with Crippen LogP contribution in [0.5, 0.6) is 0 Å². The number of aliphatic imine (C=N–C) groups is 1. The van der Waals surface area contributed by atoms with Gasteiger partial charge in [-0.2, -0.15) is 0 Å². The Bertz CT molecular complexity index is 567. The molecule has 0 saturated carbocycles. The van der Waals surface area contributed by atoms with Crippen LogP contribution in [0, 0.1) is 13.8 Å². The second kappa shape index (κ2) is 5.63. The summed E-state index contributed by atoms with van der Waals surface area (Å²) in [5.74, 6) is 0. The van der Waals surface area contributed by atoms with Crippen molar-refractivity contribution in [2.75, 3.05) is 0 Å². The van der Waals surface area contributed by atoms with Crippen molar-refractivity contribution in [2.24, 2.45) is 4.99 Å². The normalized spacial score (nSPS) is 11.6. The Kier molecular flexibility index (Phi) is 3.93. The van der Waals surface area contributed by atoms with Crippen LogP contribution in [0.1, 0.15) is 30.0 Å². The van der Waals surface area contributed by atoms with Gasteiger partial charge in [0.25, 0.3) is 0 Å². The topological polar surface area (TPSA) is 12.4 Å². The summed E-state index contributed by atoms with van der Waals surface area (Å²) < 4.78 is 0. The third-order valence-corrected chi connectivity index (χ3v) is 3.06. The number of hydrogen-bond donors (Lipinski definition) is 0. The van der Waals surface area contributed by atoms with Crippen LogP contribution in [0.25, 0.3) is 0 Å². The molecule has 0 aromatic heterocycles. The zero-order chi connectivity index (χ0) is 13.0. The number of aryl methyl sites for hydroxylation is 2. The van der Waals surface area contributed by atoms with E-state index in [-0.39, 0.29) is 0 Å². The van der Waals surface area contributed by atoms with E-state index in [9.17, 15) is 0 Å². The molecule has 92 valence electrons. The summed E-state index contributed by atoms with van der Waals surface area (Å²) in [6.45, 7) is 6.37. The summed E-state index contributed by atoms with van der Waals surface area (Å²) in [4.78, 5) is 4.80. The van der Waals surface area contributed by atoms with E-state index in [1.165, 1.54) is 16.7 Å². The minimum absolute atomic E-state index is 0.942. The van der Waals surface area contributed by atoms with Crippen LogP contribution in [0.3, 0.4) is 0 Å². The molecule has 0 bridgehead atoms. The molecule has 0 atom stereocenters. The summed E-state index contributed by atoms with van der Waals surface area (Å²) in [6, 6.07) is 16.8. The van der Waals surface area contributed by atoms with Crippen LogP contribution in [0.15, 0.2) is 53.5 Å². The van der Waals surface area contributed by atoms with E-state index in [1.54, 1.807) is 0 Å². The maximum absolute atomic E-state index is 4.80. The van der Waals surface area contributed by atoms with Gasteiger partial charge in [-0.25, -0.2) is 0 Å². The second-order valence-corrected chi connectivity index (χ2v) is 4.57. The molecule has 0 N–H and O–H groups in total. The molecule has 0 spiro atoms. The first kappa shape index (κ1) is 12.6. The van der Waals surface area contributed by atoms with Crippen LogP contribution in [-0.4, -0.2) is 5.71 Å². The fourth-order valence-corrected chi connectivity index (χ4v) is 2.01. The molecule has 1 heteroatoms. The number of rotatable bonds is 3. The van der Waals surface area contributed by atoms with Gasteiger partial charge in [0, 0.05) is 5.71 Å². The first-order valence-electron chi connectivity index (χ1n) is 6.41. The van der Waals surface area contributed by atoms with Crippen LogP contribution in [0.2, 0.25) is 0 Å². The minimum atomic E-state index is 0.942. The van der Waals surface area contributed by atoms with E-state index in [2.05, 4.69) is 57.2 Å². The van der Waals surface area contributed by atoms with E-state index >= 15 is 0 Å². The first-order valence-corrected chi connectivity index (χ1v) is 6.41. The third-order valence-electron chi connectivity index (χ3n) is 3.06. The fraction of sp³-hybridized carbons (Fsp3) is 0.235. The number of nitrogens with zero attached hydrogens (tertiary/aromatic N) is 1. The molecule has 0 unspecified atom stereocenters. The van der Waals surface area contributed by atoms with Crippen molar-refractivity contribution >= 4 is 11.4 Å². The molecule has 0 aliphatic heterocycles. The van der Waals surface area contributed by atoms with Crippen molar-refractivity contribution in [1.29, 1.82) is 0 Å². The summed E-state index contributed by atoms with van der Waals surface area (Å²) >= 11 is 0. The molecular formula is C17H19N. The monoisotopic (exact) mass is 237 g/mol. The standard InChI is InChI=1S/C17H19N/c1-4-16(15-10-7-8-13(2)12-15)18-17-11-6-5-9-14(17)3/h5-12H,4H2,1-3H3. The second-order valence-electron chi connectivity index (χ2n) is 4.57. The van der Waals surface area contributed by atoms with Gasteiger partial charge in [-0.05, 0) is 37.5 Å². The Morgan fingerprint density at radius 1 is 1.00 bits per heavy atom. The Hall–Kier alpha value is -1.89. The zero-order valence-corrected chi connectivity index (χ0v) is 11.3. The van der Waals surface area contributed by atoms with Crippen molar-refractivity contribution in [3.63, 3.8) is 0 Å². The lowest BCUT2D eigenvalue weighted by Crippen LogP contribution is -1.99. The van der Waals surface area contributed by atoms with Crippen LogP contribution in [-0.2, 0) is 0 Å². The maximum Gasteiger partial charge on any atom is 0.0662 e. The highest BCUT2D eigenvalue weighted by Gasteiger charge is 2.03. The summed E-state index contributed by atoms with van der Waals surface area (Å²) in [5, 5.41) is 0. The predicted molar refractivity (Wildman–Crippen MR) is 78.8 cm³/mol. The van der Waals surface area contributed by atoms with Gasteiger partial charge in [0.1, 0.15) is 0 Å². The number of benzene rings is 2. The Morgan fingerprint density at radius 3 is 2.44 bits per heavy atom. The summed E-state index contributed by atoms with van der Waals surface area (Å²) in [7, 11) is 0. The van der Waals surface area contributed by atoms with Gasteiger partial charge in [-0.15, -0.1) is 0 Å². The molecule has 2 aromatic rings. The third kappa shape index (κ3) is 2.86. The van der Waals surface area contributed by atoms with Gasteiger partial charge in [0.15, 0.2) is 0 Å². The minimum Gasteiger partial charge on any atom is -0.253 e. The number of hydrogen-bond acceptors (Lipinski definition) is 1. The average Bonchev–Trinajstić information content (AvgIpc) is 2.38. The van der Waals surface area contributed by atoms with Crippen molar-refractivity contribution < 1.29 is 0 Å². The van der Waals surface area contributed by atoms with Gasteiger partial charge in [0.05, 0.1) is 5.69 Å². The Labute approximate surface area is 109 Å². The van der Waals surface area contributed by atoms with E-state index in [0.717, 1.165) is 17.8 Å². The van der Waals surface area contributed by atoms with Gasteiger partial charge in [-0.3, -0.25) is 4.99 Å². The lowest BCUT2D eigenvalue weighted by atomic mass is 10.1. The van der Waals surface area contributed by atoms with E-state index in [0.29, 0.717) is 0 Å². The van der Waals surface area contributed by atoms with Crippen molar-refractivity contribution in [1.82, 2.24) is 0 Å². The molecule has 0 aliphatic rings. The van der Waals surface area contributed by atoms with E-state index in [1.807, 2.05) is 12.1 Å². The van der Waals surface area contributed by atoms with Gasteiger partial charge >= 0.3 is 0 Å². The maximum atomic E-state index is 4.80. The predicted octanol–water partition coefficient (Wildman–Crippen LogP) is 4.83. The average molecular weight is 237 g/mol. The first-order chi connectivity index (χ1) is 8.70. The van der Waals surface area contributed by atoms with Crippen molar-refractivity contribution in [3.8, 4) is 0 Å². The molecular weight excluding hydrogens is 218 g/mol. The van der Waals surface area contributed by atoms with Crippen LogP contribution in [0.4, 0.5) is 5.69 Å². The molecule has 1 nitrogen and oxygen atoms in total. The lowest BCUT2D eigenvalue weighted by Gasteiger charge is -2.07. The largest absolute Gasteiger partial charge is 0.253 e. The van der Waals surface area contributed by atoms with Gasteiger partial charge < -0.3 is 0 Å². The molecule has 2 aromatic carbocycles. The summed E-state index contributed by atoms with van der Waals surface area (Å²) in [6.07, 6.45) is 0.942. The highest BCUT2D eigenvalue weighted by molar-refractivity contribution is 6.02. The zero-order valence-electron chi connectivity index (χ0n) is 11.3. The smallest absolute Gasteiger partial charge is 0.0662 e. The van der Waals surface area contributed by atoms with Gasteiger partial charge in [0.2, 0.25) is 0 Å². The molecule has 0 heterocycles. The van der Waals surface area contributed by atoms with E-state index < -0.39 is 0 Å². The van der Waals surface area contributed by atoms with Gasteiger partial charge in [-0.1, -0.05) is 55.0 Å². The molecule has 0 fully saturated rings. The lowest BCUT2D eigenvalue weighted by molar-refractivity contribution is 1.25. The molecule has 0 aliphatic carbocycles. The SMILES string of the molecule is CCC(=Nc1ccccc1C)c1cccc(C)c1. The molecule has 2 rings (SSSR count). The molecule has 0 amide bonds. The quantitative estimate of drug-likeness (QED) is 0.678. The Morgan fingerprint density at radius 2 is 1.78 bits per heavy atom. The Balaban J connectivity index is 2.43. The fourth-order valence-electron chi connectivity index (χ4n) is 2.01. The van der Waals surface area contributed by atoms with Crippen molar-refractivity contribution in [3.05, 3.63) is 65.2 Å². The van der Waals surface area contributed by atoms with Crippen LogP contribution >= 0.6 is 0 Å². The highest BCUT2D eigenvalue weighted by Crippen LogP contribution is 2.20. The highest BCUT2D eigenvalue weighted by atomic mass is 14.7. The molecule has 0 radical (unpaired) electrons. The van der Waals surface area contributed by atoms with Crippen LogP contribution < -0.4 is 0 Å². The van der Waals surface area contributed by atoms with Crippen molar-refractivity contribution in [2.45, 2.75) is 27.2 Å². The number of para-hydroxylation sites is 1.